The van der Waals surface area contributed by atoms with Crippen molar-refractivity contribution in [3.8, 4) is 0 Å². The number of nitrogens with zero attached hydrogens (tertiary/aromatic N) is 3. The molecule has 0 amide bonds. The lowest BCUT2D eigenvalue weighted by atomic mass is 9.98. The number of hydrogen-bond acceptors (Lipinski definition) is 6. The Morgan fingerprint density at radius 3 is 2.68 bits per heavy atom. The van der Waals surface area contributed by atoms with Crippen molar-refractivity contribution in [2.24, 2.45) is 0 Å². The Morgan fingerprint density at radius 1 is 1.32 bits per heavy atom. The summed E-state index contributed by atoms with van der Waals surface area (Å²) in [6, 6.07) is 0. The van der Waals surface area contributed by atoms with E-state index in [1.54, 1.807) is 11.3 Å². The van der Waals surface area contributed by atoms with Gasteiger partial charge in [-0.25, -0.2) is 4.98 Å². The van der Waals surface area contributed by atoms with Crippen LogP contribution < -0.4 is 5.32 Å². The summed E-state index contributed by atoms with van der Waals surface area (Å²) in [6.45, 7) is 9.95. The van der Waals surface area contributed by atoms with E-state index in [2.05, 4.69) is 46.6 Å². The Kier molecular flexibility index (Phi) is 4.31. The first-order valence-electron chi connectivity index (χ1n) is 6.40. The number of aromatic nitrogens is 3. The molecule has 104 valence electrons. The van der Waals surface area contributed by atoms with Gasteiger partial charge in [-0.1, -0.05) is 25.9 Å². The first-order valence-corrected chi connectivity index (χ1v) is 7.28. The van der Waals surface area contributed by atoms with Gasteiger partial charge in [0.2, 0.25) is 5.89 Å². The van der Waals surface area contributed by atoms with Crippen LogP contribution in [0, 0.1) is 6.92 Å². The van der Waals surface area contributed by atoms with Gasteiger partial charge in [0.25, 0.3) is 0 Å². The molecule has 0 saturated carbocycles. The summed E-state index contributed by atoms with van der Waals surface area (Å²) in [5.74, 6) is 1.36. The van der Waals surface area contributed by atoms with Crippen molar-refractivity contribution in [2.45, 2.75) is 46.1 Å². The lowest BCUT2D eigenvalue weighted by Crippen LogP contribution is -2.17. The van der Waals surface area contributed by atoms with E-state index in [4.69, 9.17) is 4.52 Å². The topological polar surface area (TPSA) is 63.8 Å². The highest BCUT2D eigenvalue weighted by molar-refractivity contribution is 7.09. The third-order valence-electron chi connectivity index (χ3n) is 2.58. The molecule has 2 aromatic rings. The Labute approximate surface area is 117 Å². The Bertz CT molecular complexity index is 527. The van der Waals surface area contributed by atoms with Gasteiger partial charge in [0.05, 0.1) is 10.7 Å². The Morgan fingerprint density at radius 2 is 2.11 bits per heavy atom. The van der Waals surface area contributed by atoms with Crippen molar-refractivity contribution >= 4 is 11.3 Å². The normalized spacial score (nSPS) is 12.0. The molecule has 0 radical (unpaired) electrons. The van der Waals surface area contributed by atoms with Gasteiger partial charge >= 0.3 is 0 Å². The van der Waals surface area contributed by atoms with Crippen LogP contribution in [0.15, 0.2) is 9.90 Å². The fourth-order valence-electron chi connectivity index (χ4n) is 1.59. The van der Waals surface area contributed by atoms with Gasteiger partial charge in [0.1, 0.15) is 0 Å². The molecule has 0 atom stereocenters. The fourth-order valence-corrected chi connectivity index (χ4v) is 2.49. The summed E-state index contributed by atoms with van der Waals surface area (Å²) < 4.78 is 5.05. The van der Waals surface area contributed by atoms with Crippen LogP contribution in [-0.4, -0.2) is 21.7 Å². The van der Waals surface area contributed by atoms with Crippen LogP contribution in [-0.2, 0) is 18.4 Å². The highest BCUT2D eigenvalue weighted by Gasteiger charge is 2.17. The van der Waals surface area contributed by atoms with Gasteiger partial charge in [-0.3, -0.25) is 0 Å². The molecule has 19 heavy (non-hydrogen) atoms. The zero-order valence-corrected chi connectivity index (χ0v) is 12.7. The van der Waals surface area contributed by atoms with Crippen LogP contribution in [0.5, 0.6) is 0 Å². The van der Waals surface area contributed by atoms with Gasteiger partial charge in [-0.05, 0) is 6.92 Å². The maximum Gasteiger partial charge on any atom is 0.227 e. The van der Waals surface area contributed by atoms with Crippen LogP contribution >= 0.6 is 11.3 Å². The summed E-state index contributed by atoms with van der Waals surface area (Å²) in [7, 11) is 0. The third-order valence-corrected chi connectivity index (χ3v) is 3.90. The van der Waals surface area contributed by atoms with Crippen LogP contribution in [0.4, 0.5) is 0 Å². The third kappa shape index (κ3) is 4.11. The second-order valence-corrected chi connectivity index (χ2v) is 6.41. The number of rotatable bonds is 5. The van der Waals surface area contributed by atoms with Crippen LogP contribution in [0.3, 0.4) is 0 Å². The first-order chi connectivity index (χ1) is 8.95. The molecule has 2 rings (SSSR count). The lowest BCUT2D eigenvalue weighted by molar-refractivity contribution is 0.372. The highest BCUT2D eigenvalue weighted by atomic mass is 32.1. The van der Waals surface area contributed by atoms with E-state index in [0.29, 0.717) is 11.7 Å². The molecule has 0 unspecified atom stereocenters. The standard InChI is InChI=1S/C13H20N4OS/c1-9-15-11(18-17-9)5-6-14-7-10-8-19-12(16-10)13(2,3)4/h8,14H,5-7H2,1-4H3. The summed E-state index contributed by atoms with van der Waals surface area (Å²) in [5, 5.41) is 10.4. The predicted molar refractivity (Wildman–Crippen MR) is 75.3 cm³/mol. The summed E-state index contributed by atoms with van der Waals surface area (Å²) in [6.07, 6.45) is 0.747. The molecule has 2 aromatic heterocycles. The minimum Gasteiger partial charge on any atom is -0.339 e. The molecular formula is C13H20N4OS. The van der Waals surface area contributed by atoms with Crippen molar-refractivity contribution in [3.05, 3.63) is 27.8 Å². The van der Waals surface area contributed by atoms with Crippen molar-refractivity contribution in [1.82, 2.24) is 20.4 Å². The minimum atomic E-state index is 0.129. The maximum atomic E-state index is 5.05. The largest absolute Gasteiger partial charge is 0.339 e. The molecule has 0 saturated heterocycles. The molecule has 0 bridgehead atoms. The molecule has 0 aliphatic rings. The van der Waals surface area contributed by atoms with Crippen molar-refractivity contribution in [1.29, 1.82) is 0 Å². The second-order valence-electron chi connectivity index (χ2n) is 5.56. The van der Waals surface area contributed by atoms with E-state index in [1.165, 1.54) is 5.01 Å². The molecule has 0 fully saturated rings. The Balaban J connectivity index is 1.75. The molecular weight excluding hydrogens is 260 g/mol. The van der Waals surface area contributed by atoms with Gasteiger partial charge in [-0.15, -0.1) is 11.3 Å². The molecule has 6 heteroatoms. The molecule has 2 heterocycles. The zero-order chi connectivity index (χ0) is 13.9. The van der Waals surface area contributed by atoms with Crippen molar-refractivity contribution in [2.75, 3.05) is 6.54 Å². The second kappa shape index (κ2) is 5.79. The maximum absolute atomic E-state index is 5.05. The SMILES string of the molecule is Cc1noc(CCNCc2csc(C(C)(C)C)n2)n1. The average molecular weight is 280 g/mol. The van der Waals surface area contributed by atoms with Crippen LogP contribution in [0.1, 0.15) is 43.2 Å². The van der Waals surface area contributed by atoms with Crippen molar-refractivity contribution < 1.29 is 4.52 Å². The minimum absolute atomic E-state index is 0.129. The van der Waals surface area contributed by atoms with E-state index in [9.17, 15) is 0 Å². The van der Waals surface area contributed by atoms with Gasteiger partial charge in [0, 0.05) is 30.3 Å². The zero-order valence-electron chi connectivity index (χ0n) is 11.9. The van der Waals surface area contributed by atoms with E-state index >= 15 is 0 Å². The molecule has 0 aliphatic carbocycles. The lowest BCUT2D eigenvalue weighted by Gasteiger charge is -2.13. The van der Waals surface area contributed by atoms with Gasteiger partial charge in [-0.2, -0.15) is 4.98 Å². The smallest absolute Gasteiger partial charge is 0.227 e. The van der Waals surface area contributed by atoms with Crippen molar-refractivity contribution in [3.63, 3.8) is 0 Å². The van der Waals surface area contributed by atoms with E-state index < -0.39 is 0 Å². The molecule has 0 aromatic carbocycles. The molecule has 1 N–H and O–H groups in total. The Hall–Kier alpha value is -1.27. The molecule has 5 nitrogen and oxygen atoms in total. The van der Waals surface area contributed by atoms with E-state index in [0.717, 1.165) is 25.2 Å². The summed E-state index contributed by atoms with van der Waals surface area (Å²) in [5.41, 5.74) is 1.22. The average Bonchev–Trinajstić information content (AvgIpc) is 2.93. The van der Waals surface area contributed by atoms with Gasteiger partial charge in [0.15, 0.2) is 5.82 Å². The molecule has 0 spiro atoms. The summed E-state index contributed by atoms with van der Waals surface area (Å²) >= 11 is 1.72. The first kappa shape index (κ1) is 14.1. The van der Waals surface area contributed by atoms with Crippen LogP contribution in [0.25, 0.3) is 0 Å². The monoisotopic (exact) mass is 280 g/mol. The number of nitrogens with one attached hydrogen (secondary N) is 1. The fraction of sp³-hybridized carbons (Fsp3) is 0.615. The van der Waals surface area contributed by atoms with E-state index in [1.807, 2.05) is 6.92 Å². The number of hydrogen-bond donors (Lipinski definition) is 1. The number of thiazole rings is 1. The van der Waals surface area contributed by atoms with Gasteiger partial charge < -0.3 is 9.84 Å². The summed E-state index contributed by atoms with van der Waals surface area (Å²) in [4.78, 5) is 8.80. The van der Waals surface area contributed by atoms with E-state index in [-0.39, 0.29) is 5.41 Å². The highest BCUT2D eigenvalue weighted by Crippen LogP contribution is 2.25. The predicted octanol–water partition coefficient (Wildman–Crippen LogP) is 2.46. The molecule has 0 aliphatic heterocycles. The quantitative estimate of drug-likeness (QED) is 0.852. The van der Waals surface area contributed by atoms with Crippen LogP contribution in [0.2, 0.25) is 0 Å². The number of aryl methyl sites for hydroxylation is 1.